The maximum atomic E-state index is 10.8. The van der Waals surface area contributed by atoms with E-state index in [2.05, 4.69) is 9.97 Å². The van der Waals surface area contributed by atoms with Gasteiger partial charge in [0.2, 0.25) is 5.88 Å². The second-order valence-corrected chi connectivity index (χ2v) is 3.69. The van der Waals surface area contributed by atoms with Gasteiger partial charge in [0, 0.05) is 7.05 Å². The first-order chi connectivity index (χ1) is 8.06. The third kappa shape index (κ3) is 3.58. The zero-order valence-electron chi connectivity index (χ0n) is 10.3. The van der Waals surface area contributed by atoms with Crippen LogP contribution in [0.2, 0.25) is 0 Å². The van der Waals surface area contributed by atoms with Gasteiger partial charge in [-0.2, -0.15) is 4.98 Å². The number of likely N-dealkylation sites (N-methyl/N-ethyl adjacent to an activating group) is 1. The molecule has 0 spiro atoms. The zero-order chi connectivity index (χ0) is 12.8. The highest BCUT2D eigenvalue weighted by atomic mass is 16.5. The lowest BCUT2D eigenvalue weighted by Crippen LogP contribution is -2.36. The van der Waals surface area contributed by atoms with Crippen LogP contribution in [-0.2, 0) is 4.79 Å². The molecule has 6 nitrogen and oxygen atoms in total. The molecule has 0 fully saturated rings. The van der Waals surface area contributed by atoms with E-state index < -0.39 is 12.0 Å². The van der Waals surface area contributed by atoms with Gasteiger partial charge in [0.1, 0.15) is 6.04 Å². The molecule has 0 amide bonds. The average molecular weight is 239 g/mol. The highest BCUT2D eigenvalue weighted by Crippen LogP contribution is 2.15. The first-order valence-electron chi connectivity index (χ1n) is 5.46. The van der Waals surface area contributed by atoms with Crippen molar-refractivity contribution >= 4 is 11.8 Å². The first-order valence-corrected chi connectivity index (χ1v) is 5.46. The van der Waals surface area contributed by atoms with Crippen molar-refractivity contribution in [1.29, 1.82) is 0 Å². The van der Waals surface area contributed by atoms with Gasteiger partial charge in [-0.3, -0.25) is 4.98 Å². The topological polar surface area (TPSA) is 75.5 Å². The maximum Gasteiger partial charge on any atom is 0.326 e. The van der Waals surface area contributed by atoms with Crippen molar-refractivity contribution in [3.05, 3.63) is 12.4 Å². The van der Waals surface area contributed by atoms with E-state index in [1.165, 1.54) is 17.3 Å². The molecule has 0 bridgehead atoms. The summed E-state index contributed by atoms with van der Waals surface area (Å²) >= 11 is 0. The van der Waals surface area contributed by atoms with Gasteiger partial charge in [-0.25, -0.2) is 4.79 Å². The average Bonchev–Trinajstić information content (AvgIpc) is 2.34. The molecule has 1 heterocycles. The van der Waals surface area contributed by atoms with E-state index in [4.69, 9.17) is 9.84 Å². The van der Waals surface area contributed by atoms with E-state index in [0.717, 1.165) is 6.42 Å². The Hall–Kier alpha value is -1.85. The van der Waals surface area contributed by atoms with E-state index in [0.29, 0.717) is 18.3 Å². The number of hydrogen-bond donors (Lipinski definition) is 1. The minimum absolute atomic E-state index is 0.411. The van der Waals surface area contributed by atoms with Crippen molar-refractivity contribution < 1.29 is 14.6 Å². The fourth-order valence-electron chi connectivity index (χ4n) is 1.15. The van der Waals surface area contributed by atoms with Crippen molar-refractivity contribution in [2.45, 2.75) is 26.3 Å². The second-order valence-electron chi connectivity index (χ2n) is 3.69. The molecule has 0 aliphatic heterocycles. The number of ether oxygens (including phenoxy) is 1. The molecule has 17 heavy (non-hydrogen) atoms. The number of hydrogen-bond acceptors (Lipinski definition) is 5. The van der Waals surface area contributed by atoms with Gasteiger partial charge in [0.05, 0.1) is 19.0 Å². The van der Waals surface area contributed by atoms with Gasteiger partial charge in [-0.15, -0.1) is 0 Å². The fourth-order valence-corrected chi connectivity index (χ4v) is 1.15. The van der Waals surface area contributed by atoms with Crippen molar-refractivity contribution in [3.8, 4) is 5.88 Å². The highest BCUT2D eigenvalue weighted by Gasteiger charge is 2.18. The lowest BCUT2D eigenvalue weighted by molar-refractivity contribution is -0.138. The van der Waals surface area contributed by atoms with Crippen LogP contribution in [0, 0.1) is 0 Å². The molecule has 1 N–H and O–H groups in total. The molecule has 6 heteroatoms. The van der Waals surface area contributed by atoms with E-state index >= 15 is 0 Å². The van der Waals surface area contributed by atoms with Crippen LogP contribution in [0.1, 0.15) is 20.3 Å². The Labute approximate surface area is 100 Å². The van der Waals surface area contributed by atoms with Gasteiger partial charge < -0.3 is 14.7 Å². The minimum Gasteiger partial charge on any atom is -0.480 e. The number of anilines is 1. The van der Waals surface area contributed by atoms with Crippen molar-refractivity contribution in [2.24, 2.45) is 0 Å². The van der Waals surface area contributed by atoms with Crippen LogP contribution in [0.4, 0.5) is 5.82 Å². The van der Waals surface area contributed by atoms with Crippen LogP contribution in [0.25, 0.3) is 0 Å². The number of aromatic nitrogens is 2. The molecule has 0 saturated carbocycles. The molecule has 1 rings (SSSR count). The number of aliphatic carboxylic acids is 1. The smallest absolute Gasteiger partial charge is 0.326 e. The quantitative estimate of drug-likeness (QED) is 0.803. The van der Waals surface area contributed by atoms with E-state index in [1.807, 2.05) is 6.92 Å². The molecular formula is C11H17N3O3. The van der Waals surface area contributed by atoms with E-state index in [9.17, 15) is 4.79 Å². The lowest BCUT2D eigenvalue weighted by atomic mass is 10.3. The molecule has 0 aliphatic carbocycles. The fraction of sp³-hybridized carbons (Fsp3) is 0.545. The van der Waals surface area contributed by atoms with Crippen LogP contribution in [0.3, 0.4) is 0 Å². The van der Waals surface area contributed by atoms with Crippen molar-refractivity contribution in [2.75, 3.05) is 18.6 Å². The SMILES string of the molecule is CCCOc1cncc(N(C)C(C)C(=O)O)n1. The molecule has 0 aromatic carbocycles. The van der Waals surface area contributed by atoms with Gasteiger partial charge in [0.15, 0.2) is 5.82 Å². The van der Waals surface area contributed by atoms with Crippen molar-refractivity contribution in [1.82, 2.24) is 9.97 Å². The molecule has 1 aromatic rings. The predicted octanol–water partition coefficient (Wildman–Crippen LogP) is 1.17. The molecule has 94 valence electrons. The summed E-state index contributed by atoms with van der Waals surface area (Å²) in [5.74, 6) is -0.0172. The summed E-state index contributed by atoms with van der Waals surface area (Å²) in [6.45, 7) is 4.15. The molecule has 0 saturated heterocycles. The second kappa shape index (κ2) is 6.03. The van der Waals surface area contributed by atoms with Crippen LogP contribution < -0.4 is 9.64 Å². The van der Waals surface area contributed by atoms with Crippen molar-refractivity contribution in [3.63, 3.8) is 0 Å². The number of carboxylic acids is 1. The van der Waals surface area contributed by atoms with E-state index in [-0.39, 0.29) is 0 Å². The summed E-state index contributed by atoms with van der Waals surface area (Å²) in [6.07, 6.45) is 3.91. The van der Waals surface area contributed by atoms with Gasteiger partial charge in [-0.05, 0) is 13.3 Å². The summed E-state index contributed by atoms with van der Waals surface area (Å²) in [7, 11) is 1.66. The molecule has 1 aromatic heterocycles. The predicted molar refractivity (Wildman–Crippen MR) is 63.3 cm³/mol. The third-order valence-corrected chi connectivity index (χ3v) is 2.35. The summed E-state index contributed by atoms with van der Waals surface area (Å²) < 4.78 is 5.34. The summed E-state index contributed by atoms with van der Waals surface area (Å²) in [5, 5.41) is 8.90. The molecule has 1 atom stereocenters. The largest absolute Gasteiger partial charge is 0.480 e. The Kier molecular flexibility index (Phi) is 4.68. The number of nitrogens with zero attached hydrogens (tertiary/aromatic N) is 3. The van der Waals surface area contributed by atoms with Gasteiger partial charge in [-0.1, -0.05) is 6.92 Å². The Morgan fingerprint density at radius 2 is 2.29 bits per heavy atom. The minimum atomic E-state index is -0.908. The summed E-state index contributed by atoms with van der Waals surface area (Å²) in [6, 6.07) is -0.661. The monoisotopic (exact) mass is 239 g/mol. The lowest BCUT2D eigenvalue weighted by Gasteiger charge is -2.22. The molecule has 0 aliphatic rings. The number of carboxylic acid groups (broad SMARTS) is 1. The normalized spacial score (nSPS) is 11.9. The molecular weight excluding hydrogens is 222 g/mol. The Balaban J connectivity index is 2.80. The van der Waals surface area contributed by atoms with Gasteiger partial charge >= 0.3 is 5.97 Å². The third-order valence-electron chi connectivity index (χ3n) is 2.35. The molecule has 1 unspecified atom stereocenters. The standard InChI is InChI=1S/C11H17N3O3/c1-4-5-17-10-7-12-6-9(13-10)14(3)8(2)11(15)16/h6-8H,4-5H2,1-3H3,(H,15,16). The van der Waals surface area contributed by atoms with Crippen LogP contribution in [-0.4, -0.2) is 40.7 Å². The first kappa shape index (κ1) is 13.2. The van der Waals surface area contributed by atoms with Gasteiger partial charge in [0.25, 0.3) is 0 Å². The Bertz CT molecular complexity index is 384. The summed E-state index contributed by atoms with van der Waals surface area (Å²) in [4.78, 5) is 20.6. The number of carbonyl (C=O) groups is 1. The highest BCUT2D eigenvalue weighted by molar-refractivity contribution is 5.76. The summed E-state index contributed by atoms with van der Waals surface area (Å²) in [5.41, 5.74) is 0. The maximum absolute atomic E-state index is 10.8. The van der Waals surface area contributed by atoms with Crippen LogP contribution in [0.15, 0.2) is 12.4 Å². The van der Waals surface area contributed by atoms with Crippen LogP contribution >= 0.6 is 0 Å². The van der Waals surface area contributed by atoms with Crippen LogP contribution in [0.5, 0.6) is 5.88 Å². The Morgan fingerprint density at radius 1 is 1.59 bits per heavy atom. The number of rotatable bonds is 6. The zero-order valence-corrected chi connectivity index (χ0v) is 10.3. The Morgan fingerprint density at radius 3 is 2.88 bits per heavy atom. The molecule has 0 radical (unpaired) electrons. The van der Waals surface area contributed by atoms with E-state index in [1.54, 1.807) is 14.0 Å².